The molecule has 0 spiro atoms. The van der Waals surface area contributed by atoms with Crippen molar-refractivity contribution in [1.29, 1.82) is 0 Å². The molecule has 0 aliphatic rings. The summed E-state index contributed by atoms with van der Waals surface area (Å²) in [5, 5.41) is 18.9. The molecule has 7 heteroatoms. The topological polar surface area (TPSA) is 108 Å². The van der Waals surface area contributed by atoms with Crippen molar-refractivity contribution in [2.45, 2.75) is 13.5 Å². The Kier molecular flexibility index (Phi) is 3.48. The Balaban J connectivity index is 2.05. The van der Waals surface area contributed by atoms with Gasteiger partial charge in [0.1, 0.15) is 12.1 Å². The zero-order valence-corrected chi connectivity index (χ0v) is 11.7. The van der Waals surface area contributed by atoms with Gasteiger partial charge >= 0.3 is 5.97 Å². The Hall–Kier alpha value is -2.93. The number of hydrogen-bond donors (Lipinski definition) is 3. The number of hydrogen-bond acceptors (Lipinski definition) is 5. The summed E-state index contributed by atoms with van der Waals surface area (Å²) in [6.45, 7) is 1.57. The van der Waals surface area contributed by atoms with Crippen molar-refractivity contribution in [2.75, 3.05) is 0 Å². The van der Waals surface area contributed by atoms with Crippen LogP contribution in [0.15, 0.2) is 30.7 Å². The normalized spacial score (nSPS) is 10.8. The highest BCUT2D eigenvalue weighted by atomic mass is 16.5. The van der Waals surface area contributed by atoms with Gasteiger partial charge in [-0.25, -0.2) is 14.8 Å². The number of nitrogens with zero attached hydrogens (tertiary/aromatic N) is 2. The maximum atomic E-state index is 11.3. The van der Waals surface area contributed by atoms with E-state index in [1.807, 2.05) is 0 Å². The van der Waals surface area contributed by atoms with Crippen LogP contribution < -0.4 is 4.74 Å². The Morgan fingerprint density at radius 2 is 2.18 bits per heavy atom. The van der Waals surface area contributed by atoms with Gasteiger partial charge in [-0.3, -0.25) is 0 Å². The van der Waals surface area contributed by atoms with E-state index in [0.29, 0.717) is 22.4 Å². The van der Waals surface area contributed by atoms with Gasteiger partial charge in [-0.15, -0.1) is 0 Å². The summed E-state index contributed by atoms with van der Waals surface area (Å²) < 4.78 is 5.69. The van der Waals surface area contributed by atoms with Crippen LogP contribution in [-0.2, 0) is 6.61 Å². The van der Waals surface area contributed by atoms with Gasteiger partial charge in [0.25, 0.3) is 0 Å². The molecule has 0 aliphatic carbocycles. The van der Waals surface area contributed by atoms with Gasteiger partial charge in [0.2, 0.25) is 5.88 Å². The fraction of sp³-hybridized carbons (Fsp3) is 0.133. The van der Waals surface area contributed by atoms with E-state index >= 15 is 0 Å². The van der Waals surface area contributed by atoms with Gasteiger partial charge in [0.15, 0.2) is 0 Å². The summed E-state index contributed by atoms with van der Waals surface area (Å²) >= 11 is 0. The molecule has 2 heterocycles. The average Bonchev–Trinajstić information content (AvgIpc) is 2.95. The molecule has 2 aromatic heterocycles. The van der Waals surface area contributed by atoms with E-state index in [1.165, 1.54) is 18.6 Å². The first-order valence-electron chi connectivity index (χ1n) is 6.53. The van der Waals surface area contributed by atoms with Gasteiger partial charge in [-0.05, 0) is 19.1 Å². The fourth-order valence-corrected chi connectivity index (χ4v) is 2.29. The number of carbonyl (C=O) groups is 1. The molecule has 112 valence electrons. The smallest absolute Gasteiger partial charge is 0.337 e. The average molecular weight is 299 g/mol. The van der Waals surface area contributed by atoms with Crippen molar-refractivity contribution in [3.63, 3.8) is 0 Å². The minimum absolute atomic E-state index is 0.191. The molecule has 0 atom stereocenters. The molecule has 0 saturated heterocycles. The first kappa shape index (κ1) is 14.0. The van der Waals surface area contributed by atoms with E-state index in [1.54, 1.807) is 19.1 Å². The minimum Gasteiger partial charge on any atom is -0.478 e. The quantitative estimate of drug-likeness (QED) is 0.682. The molecule has 0 unspecified atom stereocenters. The summed E-state index contributed by atoms with van der Waals surface area (Å²) in [7, 11) is 0. The number of aliphatic hydroxyl groups is 1. The molecule has 1 aromatic carbocycles. The Morgan fingerprint density at radius 1 is 1.36 bits per heavy atom. The third-order valence-corrected chi connectivity index (χ3v) is 3.36. The zero-order valence-electron chi connectivity index (χ0n) is 11.7. The number of aryl methyl sites for hydroxylation is 1. The van der Waals surface area contributed by atoms with Gasteiger partial charge in [0, 0.05) is 28.7 Å². The van der Waals surface area contributed by atoms with Crippen LogP contribution in [0.3, 0.4) is 0 Å². The lowest BCUT2D eigenvalue weighted by Crippen LogP contribution is -1.97. The molecular weight excluding hydrogens is 286 g/mol. The van der Waals surface area contributed by atoms with Crippen molar-refractivity contribution in [2.24, 2.45) is 0 Å². The highest BCUT2D eigenvalue weighted by Crippen LogP contribution is 2.32. The zero-order chi connectivity index (χ0) is 15.7. The number of ether oxygens (including phenoxy) is 1. The summed E-state index contributed by atoms with van der Waals surface area (Å²) in [6, 6.07) is 5.01. The van der Waals surface area contributed by atoms with Crippen molar-refractivity contribution in [1.82, 2.24) is 15.0 Å². The van der Waals surface area contributed by atoms with Crippen LogP contribution in [0.5, 0.6) is 11.6 Å². The fourth-order valence-electron chi connectivity index (χ4n) is 2.29. The van der Waals surface area contributed by atoms with Crippen LogP contribution in [0.2, 0.25) is 0 Å². The van der Waals surface area contributed by atoms with E-state index in [0.717, 1.165) is 5.52 Å². The number of carboxylic acids is 1. The number of benzene rings is 1. The maximum absolute atomic E-state index is 11.3. The lowest BCUT2D eigenvalue weighted by molar-refractivity contribution is 0.0699. The van der Waals surface area contributed by atoms with Gasteiger partial charge in [0.05, 0.1) is 17.9 Å². The Morgan fingerprint density at radius 3 is 2.91 bits per heavy atom. The van der Waals surface area contributed by atoms with E-state index in [4.69, 9.17) is 9.84 Å². The molecule has 3 aromatic rings. The van der Waals surface area contributed by atoms with Crippen molar-refractivity contribution in [3.8, 4) is 11.6 Å². The molecule has 0 bridgehead atoms. The highest BCUT2D eigenvalue weighted by Gasteiger charge is 2.16. The number of fused-ring (bicyclic) bond motifs is 1. The van der Waals surface area contributed by atoms with E-state index in [9.17, 15) is 9.90 Å². The second-order valence-corrected chi connectivity index (χ2v) is 4.73. The van der Waals surface area contributed by atoms with Crippen LogP contribution >= 0.6 is 0 Å². The first-order chi connectivity index (χ1) is 10.6. The Labute approximate surface area is 125 Å². The monoisotopic (exact) mass is 299 g/mol. The van der Waals surface area contributed by atoms with E-state index < -0.39 is 5.97 Å². The van der Waals surface area contributed by atoms with Crippen LogP contribution in [0.4, 0.5) is 0 Å². The predicted octanol–water partition coefficient (Wildman–Crippen LogP) is 2.25. The van der Waals surface area contributed by atoms with Crippen LogP contribution in [0.25, 0.3) is 10.9 Å². The molecule has 22 heavy (non-hydrogen) atoms. The third-order valence-electron chi connectivity index (χ3n) is 3.36. The number of H-pyrrole nitrogens is 1. The number of nitrogens with one attached hydrogen (secondary N) is 1. The molecule has 3 rings (SSSR count). The van der Waals surface area contributed by atoms with Crippen molar-refractivity contribution in [3.05, 3.63) is 47.5 Å². The minimum atomic E-state index is -1.00. The van der Waals surface area contributed by atoms with Gasteiger partial charge in [-0.1, -0.05) is 0 Å². The lowest BCUT2D eigenvalue weighted by Gasteiger charge is -2.09. The number of aromatic carboxylic acids is 1. The predicted molar refractivity (Wildman–Crippen MR) is 78.0 cm³/mol. The molecule has 0 amide bonds. The summed E-state index contributed by atoms with van der Waals surface area (Å²) in [6.07, 6.45) is 2.76. The number of carboxylic acid groups (broad SMARTS) is 1. The highest BCUT2D eigenvalue weighted by molar-refractivity contribution is 6.05. The number of aliphatic hydroxyl groups excluding tert-OH is 1. The molecule has 7 nitrogen and oxygen atoms in total. The molecule has 3 N–H and O–H groups in total. The number of rotatable bonds is 4. The standard InChI is InChI=1S/C15H13N3O4/c1-8-12(22-13-4-9(6-19)17-7-18-13)3-2-11-14(8)10(5-16-11)15(20)21/h2-5,7,16,19H,6H2,1H3,(H,20,21). The molecule has 0 saturated carbocycles. The van der Waals surface area contributed by atoms with Crippen LogP contribution in [-0.4, -0.2) is 31.1 Å². The lowest BCUT2D eigenvalue weighted by atomic mass is 10.1. The summed E-state index contributed by atoms with van der Waals surface area (Å²) in [4.78, 5) is 22.1. The van der Waals surface area contributed by atoms with E-state index in [-0.39, 0.29) is 18.1 Å². The summed E-state index contributed by atoms with van der Waals surface area (Å²) in [5.41, 5.74) is 2.05. The second kappa shape index (κ2) is 5.45. The number of aromatic nitrogens is 3. The summed E-state index contributed by atoms with van der Waals surface area (Å²) in [5.74, 6) is -0.220. The Bertz CT molecular complexity index is 857. The van der Waals surface area contributed by atoms with Crippen molar-refractivity contribution >= 4 is 16.9 Å². The second-order valence-electron chi connectivity index (χ2n) is 4.73. The van der Waals surface area contributed by atoms with Crippen LogP contribution in [0.1, 0.15) is 21.6 Å². The largest absolute Gasteiger partial charge is 0.478 e. The molecular formula is C15H13N3O4. The van der Waals surface area contributed by atoms with Crippen molar-refractivity contribution < 1.29 is 19.7 Å². The SMILES string of the molecule is Cc1c(Oc2cc(CO)ncn2)ccc2[nH]cc(C(=O)O)c12. The van der Waals surface area contributed by atoms with Gasteiger partial charge < -0.3 is 19.9 Å². The number of aromatic amines is 1. The third kappa shape index (κ3) is 2.38. The first-order valence-corrected chi connectivity index (χ1v) is 6.53. The maximum Gasteiger partial charge on any atom is 0.337 e. The van der Waals surface area contributed by atoms with Crippen LogP contribution in [0, 0.1) is 6.92 Å². The van der Waals surface area contributed by atoms with E-state index in [2.05, 4.69) is 15.0 Å². The molecule has 0 fully saturated rings. The molecule has 0 radical (unpaired) electrons. The van der Waals surface area contributed by atoms with Gasteiger partial charge in [-0.2, -0.15) is 0 Å². The molecule has 0 aliphatic heterocycles.